The minimum atomic E-state index is -0.514. The lowest BCUT2D eigenvalue weighted by molar-refractivity contribution is 0.0978. The molecule has 0 aliphatic rings. The molecule has 0 aliphatic heterocycles. The zero-order valence-corrected chi connectivity index (χ0v) is 9.22. The van der Waals surface area contributed by atoms with E-state index in [1.807, 2.05) is 6.92 Å². The highest BCUT2D eigenvalue weighted by atomic mass is 35.5. The quantitative estimate of drug-likeness (QED) is 0.807. The number of carbonyl (C=O) groups is 1. The maximum atomic E-state index is 12.8. The fourth-order valence-corrected chi connectivity index (χ4v) is 1.35. The highest BCUT2D eigenvalue weighted by Gasteiger charge is 2.09. The Bertz CT molecular complexity index is 366. The third kappa shape index (κ3) is 3.61. The zero-order valence-electron chi connectivity index (χ0n) is 8.47. The lowest BCUT2D eigenvalue weighted by atomic mass is 10.0. The first kappa shape index (κ1) is 12.1. The van der Waals surface area contributed by atoms with Gasteiger partial charge in [0.2, 0.25) is 0 Å². The van der Waals surface area contributed by atoms with Crippen molar-refractivity contribution < 1.29 is 9.18 Å². The number of rotatable bonds is 4. The number of Topliss-reactive ketones (excluding diaryl/α,β-unsaturated/α-hetero) is 1. The first-order chi connectivity index (χ1) is 7.00. The summed E-state index contributed by atoms with van der Waals surface area (Å²) in [5.41, 5.74) is 5.97. The Kier molecular flexibility index (Phi) is 4.24. The minimum absolute atomic E-state index is 0.00938. The molecule has 1 atom stereocenters. The maximum Gasteiger partial charge on any atom is 0.162 e. The second-order valence-electron chi connectivity index (χ2n) is 3.57. The van der Waals surface area contributed by atoms with Crippen molar-refractivity contribution in [2.24, 2.45) is 5.73 Å². The summed E-state index contributed by atoms with van der Waals surface area (Å²) in [6, 6.07) is 3.97. The van der Waals surface area contributed by atoms with Gasteiger partial charge < -0.3 is 5.73 Å². The molecule has 0 bridgehead atoms. The summed E-state index contributed by atoms with van der Waals surface area (Å²) in [5, 5.41) is -0.0263. The molecule has 0 saturated heterocycles. The SMILES string of the molecule is CC(N)CCC(=O)c1ccc(F)c(Cl)c1. The number of benzene rings is 1. The summed E-state index contributed by atoms with van der Waals surface area (Å²) in [4.78, 5) is 11.6. The number of hydrogen-bond donors (Lipinski definition) is 1. The van der Waals surface area contributed by atoms with E-state index >= 15 is 0 Å². The third-order valence-corrected chi connectivity index (χ3v) is 2.36. The summed E-state index contributed by atoms with van der Waals surface area (Å²) in [7, 11) is 0. The topological polar surface area (TPSA) is 43.1 Å². The molecular weight excluding hydrogens is 217 g/mol. The van der Waals surface area contributed by atoms with Gasteiger partial charge in [0.15, 0.2) is 5.78 Å². The van der Waals surface area contributed by atoms with Crippen molar-refractivity contribution in [3.8, 4) is 0 Å². The van der Waals surface area contributed by atoms with E-state index < -0.39 is 5.82 Å². The lowest BCUT2D eigenvalue weighted by Crippen LogP contribution is -2.16. The van der Waals surface area contributed by atoms with E-state index in [9.17, 15) is 9.18 Å². The van der Waals surface area contributed by atoms with Gasteiger partial charge in [-0.25, -0.2) is 4.39 Å². The summed E-state index contributed by atoms with van der Waals surface area (Å²) >= 11 is 5.57. The molecule has 1 rings (SSSR count). The minimum Gasteiger partial charge on any atom is -0.328 e. The summed E-state index contributed by atoms with van der Waals surface area (Å²) < 4.78 is 12.8. The van der Waals surface area contributed by atoms with Gasteiger partial charge in [0, 0.05) is 18.0 Å². The predicted octanol–water partition coefficient (Wildman–Crippen LogP) is 2.79. The Hall–Kier alpha value is -0.930. The summed E-state index contributed by atoms with van der Waals surface area (Å²) in [6.07, 6.45) is 0.980. The molecule has 1 aromatic rings. The average Bonchev–Trinajstić information content (AvgIpc) is 2.18. The van der Waals surface area contributed by atoms with Gasteiger partial charge >= 0.3 is 0 Å². The predicted molar refractivity (Wildman–Crippen MR) is 58.6 cm³/mol. The molecule has 0 amide bonds. The monoisotopic (exact) mass is 229 g/mol. The van der Waals surface area contributed by atoms with Crippen molar-refractivity contribution >= 4 is 17.4 Å². The molecule has 0 spiro atoms. The molecule has 82 valence electrons. The molecular formula is C11H13ClFNO. The maximum absolute atomic E-state index is 12.8. The van der Waals surface area contributed by atoms with E-state index in [1.165, 1.54) is 18.2 Å². The van der Waals surface area contributed by atoms with Gasteiger partial charge in [-0.1, -0.05) is 11.6 Å². The zero-order chi connectivity index (χ0) is 11.4. The number of carbonyl (C=O) groups excluding carboxylic acids is 1. The van der Waals surface area contributed by atoms with Crippen LogP contribution in [-0.4, -0.2) is 11.8 Å². The van der Waals surface area contributed by atoms with Crippen LogP contribution in [0.5, 0.6) is 0 Å². The number of hydrogen-bond acceptors (Lipinski definition) is 2. The Morgan fingerprint density at radius 2 is 2.27 bits per heavy atom. The first-order valence-corrected chi connectivity index (χ1v) is 5.12. The van der Waals surface area contributed by atoms with Crippen molar-refractivity contribution in [2.75, 3.05) is 0 Å². The molecule has 0 heterocycles. The Labute approximate surface area is 93.2 Å². The van der Waals surface area contributed by atoms with Gasteiger partial charge in [0.05, 0.1) is 5.02 Å². The van der Waals surface area contributed by atoms with E-state index in [-0.39, 0.29) is 16.8 Å². The van der Waals surface area contributed by atoms with Gasteiger partial charge in [-0.05, 0) is 31.5 Å². The number of halogens is 2. The second kappa shape index (κ2) is 5.24. The second-order valence-corrected chi connectivity index (χ2v) is 3.98. The number of ketones is 1. The van der Waals surface area contributed by atoms with Crippen molar-refractivity contribution in [3.63, 3.8) is 0 Å². The van der Waals surface area contributed by atoms with Crippen LogP contribution in [0, 0.1) is 5.82 Å². The Morgan fingerprint density at radius 1 is 1.60 bits per heavy atom. The first-order valence-electron chi connectivity index (χ1n) is 4.74. The molecule has 2 nitrogen and oxygen atoms in total. The van der Waals surface area contributed by atoms with E-state index in [2.05, 4.69) is 0 Å². The molecule has 1 unspecified atom stereocenters. The van der Waals surface area contributed by atoms with Gasteiger partial charge in [0.1, 0.15) is 5.82 Å². The van der Waals surface area contributed by atoms with Crippen LogP contribution in [-0.2, 0) is 0 Å². The molecule has 0 aliphatic carbocycles. The summed E-state index contributed by atoms with van der Waals surface area (Å²) in [5.74, 6) is -0.574. The van der Waals surface area contributed by atoms with Crippen LogP contribution in [0.15, 0.2) is 18.2 Å². The van der Waals surface area contributed by atoms with Crippen molar-refractivity contribution in [3.05, 3.63) is 34.6 Å². The molecule has 0 aromatic heterocycles. The molecule has 1 aromatic carbocycles. The average molecular weight is 230 g/mol. The van der Waals surface area contributed by atoms with Crippen LogP contribution >= 0.6 is 11.6 Å². The van der Waals surface area contributed by atoms with Crippen LogP contribution < -0.4 is 5.73 Å². The van der Waals surface area contributed by atoms with Gasteiger partial charge in [-0.15, -0.1) is 0 Å². The molecule has 0 radical (unpaired) electrons. The smallest absolute Gasteiger partial charge is 0.162 e. The number of nitrogens with two attached hydrogens (primary N) is 1. The largest absolute Gasteiger partial charge is 0.328 e. The van der Waals surface area contributed by atoms with Gasteiger partial charge in [-0.2, -0.15) is 0 Å². The molecule has 15 heavy (non-hydrogen) atoms. The fraction of sp³-hybridized carbons (Fsp3) is 0.364. The normalized spacial score (nSPS) is 12.5. The molecule has 0 saturated carbocycles. The van der Waals surface area contributed by atoms with E-state index in [1.54, 1.807) is 0 Å². The van der Waals surface area contributed by atoms with Crippen LogP contribution in [0.1, 0.15) is 30.1 Å². The third-order valence-electron chi connectivity index (χ3n) is 2.07. The Morgan fingerprint density at radius 3 is 2.80 bits per heavy atom. The molecule has 2 N–H and O–H groups in total. The standard InChI is InChI=1S/C11H13ClFNO/c1-7(14)2-5-11(15)8-3-4-10(13)9(12)6-8/h3-4,6-7H,2,5,14H2,1H3. The lowest BCUT2D eigenvalue weighted by Gasteiger charge is -2.04. The van der Waals surface area contributed by atoms with Crippen LogP contribution in [0.25, 0.3) is 0 Å². The van der Waals surface area contributed by atoms with Crippen molar-refractivity contribution in [1.82, 2.24) is 0 Å². The molecule has 4 heteroatoms. The summed E-state index contributed by atoms with van der Waals surface area (Å²) in [6.45, 7) is 1.84. The fourth-order valence-electron chi connectivity index (χ4n) is 1.17. The van der Waals surface area contributed by atoms with Crippen molar-refractivity contribution in [1.29, 1.82) is 0 Å². The van der Waals surface area contributed by atoms with Crippen LogP contribution in [0.4, 0.5) is 4.39 Å². The van der Waals surface area contributed by atoms with E-state index in [0.29, 0.717) is 18.4 Å². The highest BCUT2D eigenvalue weighted by Crippen LogP contribution is 2.17. The van der Waals surface area contributed by atoms with Gasteiger partial charge in [-0.3, -0.25) is 4.79 Å². The van der Waals surface area contributed by atoms with Gasteiger partial charge in [0.25, 0.3) is 0 Å². The molecule has 0 fully saturated rings. The van der Waals surface area contributed by atoms with Crippen LogP contribution in [0.2, 0.25) is 5.02 Å². The van der Waals surface area contributed by atoms with Crippen LogP contribution in [0.3, 0.4) is 0 Å². The Balaban J connectivity index is 2.70. The van der Waals surface area contributed by atoms with E-state index in [4.69, 9.17) is 17.3 Å². The van der Waals surface area contributed by atoms with Crippen molar-refractivity contribution in [2.45, 2.75) is 25.8 Å². The highest BCUT2D eigenvalue weighted by molar-refractivity contribution is 6.31. The van der Waals surface area contributed by atoms with E-state index in [0.717, 1.165) is 0 Å².